The maximum absolute atomic E-state index is 11.8. The lowest BCUT2D eigenvalue weighted by Gasteiger charge is -2.15. The van der Waals surface area contributed by atoms with E-state index in [9.17, 15) is 9.59 Å². The van der Waals surface area contributed by atoms with Crippen LogP contribution in [0, 0.1) is 5.92 Å². The molecule has 4 nitrogen and oxygen atoms in total. The maximum Gasteiger partial charge on any atom is 0.303 e. The van der Waals surface area contributed by atoms with E-state index in [0.717, 1.165) is 11.3 Å². The van der Waals surface area contributed by atoms with Crippen LogP contribution in [0.1, 0.15) is 24.8 Å². The monoisotopic (exact) mass is 219 g/mol. The Balaban J connectivity index is 2.28. The number of carbonyl (C=O) groups is 2. The van der Waals surface area contributed by atoms with Gasteiger partial charge in [0.05, 0.1) is 5.92 Å². The van der Waals surface area contributed by atoms with Gasteiger partial charge < -0.3 is 10.4 Å². The molecule has 2 rings (SSSR count). The van der Waals surface area contributed by atoms with E-state index in [-0.39, 0.29) is 24.2 Å². The van der Waals surface area contributed by atoms with Crippen molar-refractivity contribution >= 4 is 17.6 Å². The molecule has 2 unspecified atom stereocenters. The molecule has 2 atom stereocenters. The number of carbonyl (C=O) groups excluding carboxylic acids is 1. The van der Waals surface area contributed by atoms with Gasteiger partial charge in [-0.05, 0) is 17.5 Å². The molecule has 0 saturated carbocycles. The van der Waals surface area contributed by atoms with Crippen molar-refractivity contribution in [2.24, 2.45) is 5.92 Å². The first kappa shape index (κ1) is 10.7. The van der Waals surface area contributed by atoms with Crippen molar-refractivity contribution in [3.63, 3.8) is 0 Å². The summed E-state index contributed by atoms with van der Waals surface area (Å²) in [6.07, 6.45) is 0.00637. The van der Waals surface area contributed by atoms with Crippen molar-refractivity contribution in [2.75, 3.05) is 5.32 Å². The highest BCUT2D eigenvalue weighted by Crippen LogP contribution is 2.38. The summed E-state index contributed by atoms with van der Waals surface area (Å²) < 4.78 is 0. The number of hydrogen-bond acceptors (Lipinski definition) is 2. The molecular weight excluding hydrogens is 206 g/mol. The number of amides is 1. The van der Waals surface area contributed by atoms with E-state index >= 15 is 0 Å². The van der Waals surface area contributed by atoms with Crippen LogP contribution in [0.5, 0.6) is 0 Å². The van der Waals surface area contributed by atoms with Crippen molar-refractivity contribution in [3.05, 3.63) is 29.8 Å². The van der Waals surface area contributed by atoms with Crippen LogP contribution in [0.2, 0.25) is 0 Å². The largest absolute Gasteiger partial charge is 0.481 e. The maximum atomic E-state index is 11.8. The van der Waals surface area contributed by atoms with Crippen LogP contribution in [0.3, 0.4) is 0 Å². The first-order chi connectivity index (χ1) is 7.59. The van der Waals surface area contributed by atoms with Gasteiger partial charge in [0.2, 0.25) is 5.91 Å². The lowest BCUT2D eigenvalue weighted by atomic mass is 9.86. The molecular formula is C12H13NO3. The number of fused-ring (bicyclic) bond motifs is 1. The van der Waals surface area contributed by atoms with Crippen LogP contribution >= 0.6 is 0 Å². The van der Waals surface area contributed by atoms with Gasteiger partial charge in [0.25, 0.3) is 0 Å². The second-order valence-electron chi connectivity index (χ2n) is 4.13. The minimum absolute atomic E-state index is 0.00637. The smallest absolute Gasteiger partial charge is 0.303 e. The Morgan fingerprint density at radius 1 is 1.50 bits per heavy atom. The summed E-state index contributed by atoms with van der Waals surface area (Å²) in [4.78, 5) is 22.4. The third-order valence-electron chi connectivity index (χ3n) is 2.90. The van der Waals surface area contributed by atoms with Crippen LogP contribution in [0.4, 0.5) is 5.69 Å². The molecule has 1 amide bonds. The van der Waals surface area contributed by atoms with Gasteiger partial charge in [-0.2, -0.15) is 0 Å². The summed E-state index contributed by atoms with van der Waals surface area (Å²) in [7, 11) is 0. The highest BCUT2D eigenvalue weighted by atomic mass is 16.4. The fourth-order valence-electron chi connectivity index (χ4n) is 2.19. The number of aliphatic carboxylic acids is 1. The van der Waals surface area contributed by atoms with Crippen LogP contribution in [-0.2, 0) is 9.59 Å². The fourth-order valence-corrected chi connectivity index (χ4v) is 2.19. The van der Waals surface area contributed by atoms with E-state index in [0.29, 0.717) is 0 Å². The van der Waals surface area contributed by atoms with E-state index in [1.807, 2.05) is 24.3 Å². The van der Waals surface area contributed by atoms with Crippen molar-refractivity contribution in [3.8, 4) is 0 Å². The normalized spacial score (nSPS) is 20.1. The van der Waals surface area contributed by atoms with Gasteiger partial charge in [0.1, 0.15) is 0 Å². The van der Waals surface area contributed by atoms with E-state index in [1.165, 1.54) is 0 Å². The summed E-state index contributed by atoms with van der Waals surface area (Å²) in [6, 6.07) is 7.42. The zero-order valence-electron chi connectivity index (χ0n) is 8.93. The zero-order valence-corrected chi connectivity index (χ0v) is 8.93. The lowest BCUT2D eigenvalue weighted by Crippen LogP contribution is -2.21. The highest BCUT2D eigenvalue weighted by Gasteiger charge is 2.35. The number of hydrogen-bond donors (Lipinski definition) is 2. The Kier molecular flexibility index (Phi) is 2.64. The van der Waals surface area contributed by atoms with Crippen molar-refractivity contribution in [2.45, 2.75) is 19.3 Å². The number of carboxylic acids is 1. The standard InChI is InChI=1S/C12H13NO3/c1-7(6-10(14)15)11-8-4-2-3-5-9(8)13-12(11)16/h2-5,7,11H,6H2,1H3,(H,13,16)(H,14,15). The summed E-state index contributed by atoms with van der Waals surface area (Å²) in [5, 5.41) is 11.5. The second kappa shape index (κ2) is 3.96. The molecule has 0 saturated heterocycles. The second-order valence-corrected chi connectivity index (χ2v) is 4.13. The van der Waals surface area contributed by atoms with Crippen molar-refractivity contribution in [1.29, 1.82) is 0 Å². The molecule has 1 heterocycles. The average Bonchev–Trinajstić information content (AvgIpc) is 2.52. The summed E-state index contributed by atoms with van der Waals surface area (Å²) >= 11 is 0. The van der Waals surface area contributed by atoms with E-state index in [1.54, 1.807) is 6.92 Å². The Morgan fingerprint density at radius 2 is 2.19 bits per heavy atom. The molecule has 0 bridgehead atoms. The van der Waals surface area contributed by atoms with Crippen LogP contribution in [-0.4, -0.2) is 17.0 Å². The predicted molar refractivity (Wildman–Crippen MR) is 59.2 cm³/mol. The van der Waals surface area contributed by atoms with Crippen LogP contribution < -0.4 is 5.32 Å². The van der Waals surface area contributed by atoms with Gasteiger partial charge in [0, 0.05) is 12.1 Å². The molecule has 1 aliphatic rings. The van der Waals surface area contributed by atoms with Gasteiger partial charge in [-0.25, -0.2) is 0 Å². The predicted octanol–water partition coefficient (Wildman–Crippen LogP) is 1.83. The molecule has 0 radical (unpaired) electrons. The Hall–Kier alpha value is -1.84. The molecule has 0 spiro atoms. The Labute approximate surface area is 93.3 Å². The van der Waals surface area contributed by atoms with Crippen molar-refractivity contribution in [1.82, 2.24) is 0 Å². The molecule has 0 aliphatic carbocycles. The molecule has 1 aromatic rings. The van der Waals surface area contributed by atoms with Crippen LogP contribution in [0.25, 0.3) is 0 Å². The fraction of sp³-hybridized carbons (Fsp3) is 0.333. The number of anilines is 1. The minimum atomic E-state index is -0.871. The summed E-state index contributed by atoms with van der Waals surface area (Å²) in [5.74, 6) is -1.51. The Morgan fingerprint density at radius 3 is 2.88 bits per heavy atom. The third-order valence-corrected chi connectivity index (χ3v) is 2.90. The molecule has 2 N–H and O–H groups in total. The van der Waals surface area contributed by atoms with Gasteiger partial charge in [-0.15, -0.1) is 0 Å². The number of para-hydroxylation sites is 1. The first-order valence-electron chi connectivity index (χ1n) is 5.21. The minimum Gasteiger partial charge on any atom is -0.481 e. The zero-order chi connectivity index (χ0) is 11.7. The SMILES string of the molecule is CC(CC(=O)O)C1C(=O)Nc2ccccc21. The van der Waals surface area contributed by atoms with Gasteiger partial charge in [-0.1, -0.05) is 25.1 Å². The molecule has 16 heavy (non-hydrogen) atoms. The third kappa shape index (κ3) is 1.78. The number of nitrogens with one attached hydrogen (secondary N) is 1. The molecule has 4 heteroatoms. The molecule has 1 aromatic carbocycles. The van der Waals surface area contributed by atoms with Gasteiger partial charge in [0.15, 0.2) is 0 Å². The quantitative estimate of drug-likeness (QED) is 0.815. The van der Waals surface area contributed by atoms with E-state index < -0.39 is 5.97 Å². The molecule has 84 valence electrons. The van der Waals surface area contributed by atoms with E-state index in [2.05, 4.69) is 5.32 Å². The number of carboxylic acid groups (broad SMARTS) is 1. The molecule has 0 aromatic heterocycles. The van der Waals surface area contributed by atoms with Crippen molar-refractivity contribution < 1.29 is 14.7 Å². The lowest BCUT2D eigenvalue weighted by molar-refractivity contribution is -0.138. The van der Waals surface area contributed by atoms with Gasteiger partial charge in [-0.3, -0.25) is 9.59 Å². The van der Waals surface area contributed by atoms with E-state index in [4.69, 9.17) is 5.11 Å². The number of benzene rings is 1. The Bertz CT molecular complexity index is 442. The molecule has 1 aliphatic heterocycles. The summed E-state index contributed by atoms with van der Waals surface area (Å²) in [6.45, 7) is 1.79. The van der Waals surface area contributed by atoms with Gasteiger partial charge >= 0.3 is 5.97 Å². The first-order valence-corrected chi connectivity index (χ1v) is 5.21. The average molecular weight is 219 g/mol. The topological polar surface area (TPSA) is 66.4 Å². The highest BCUT2D eigenvalue weighted by molar-refractivity contribution is 6.03. The number of rotatable bonds is 3. The van der Waals surface area contributed by atoms with Crippen LogP contribution in [0.15, 0.2) is 24.3 Å². The summed E-state index contributed by atoms with van der Waals surface area (Å²) in [5.41, 5.74) is 1.70. The molecule has 0 fully saturated rings.